The maximum Gasteiger partial charge on any atom is 0.229 e. The Morgan fingerprint density at radius 2 is 2.08 bits per heavy atom. The van der Waals surface area contributed by atoms with Gasteiger partial charge in [0.25, 0.3) is 0 Å². The van der Waals surface area contributed by atoms with Crippen molar-refractivity contribution in [2.24, 2.45) is 5.92 Å². The summed E-state index contributed by atoms with van der Waals surface area (Å²) in [6.07, 6.45) is 8.40. The van der Waals surface area contributed by atoms with Gasteiger partial charge in [-0.2, -0.15) is 0 Å². The monoisotopic (exact) mass is 350 g/mol. The van der Waals surface area contributed by atoms with Crippen LogP contribution in [-0.4, -0.2) is 49.2 Å². The van der Waals surface area contributed by atoms with Crippen LogP contribution in [0.4, 0.5) is 11.5 Å². The van der Waals surface area contributed by atoms with E-state index in [9.17, 15) is 4.79 Å². The first-order chi connectivity index (χ1) is 12.8. The lowest BCUT2D eigenvalue weighted by Gasteiger charge is -2.32. The summed E-state index contributed by atoms with van der Waals surface area (Å²) in [5.74, 6) is 0.759. The number of carbonyl (C=O) groups excluding carboxylic acids is 1. The van der Waals surface area contributed by atoms with E-state index in [4.69, 9.17) is 0 Å². The molecule has 9 heteroatoms. The summed E-state index contributed by atoms with van der Waals surface area (Å²) in [7, 11) is 0. The number of rotatable bonds is 4. The van der Waals surface area contributed by atoms with E-state index in [-0.39, 0.29) is 11.8 Å². The lowest BCUT2D eigenvalue weighted by molar-refractivity contribution is -0.120. The fourth-order valence-corrected chi connectivity index (χ4v) is 3.08. The molecule has 1 N–H and O–H groups in total. The van der Waals surface area contributed by atoms with Gasteiger partial charge in [0.2, 0.25) is 5.91 Å². The number of amides is 1. The molecule has 0 saturated carbocycles. The number of hydrogen-bond acceptors (Lipinski definition) is 7. The molecule has 1 amide bonds. The minimum atomic E-state index is -0.0788. The lowest BCUT2D eigenvalue weighted by atomic mass is 9.97. The quantitative estimate of drug-likeness (QED) is 0.757. The molecule has 1 aliphatic heterocycles. The second-order valence-electron chi connectivity index (χ2n) is 6.14. The first-order valence-corrected chi connectivity index (χ1v) is 8.45. The molecule has 1 aromatic carbocycles. The molecule has 3 aromatic rings. The molecule has 1 fully saturated rings. The Labute approximate surface area is 150 Å². The van der Waals surface area contributed by atoms with Crippen molar-refractivity contribution in [3.63, 3.8) is 0 Å². The number of tetrazole rings is 1. The Balaban J connectivity index is 1.40. The fourth-order valence-electron chi connectivity index (χ4n) is 3.08. The summed E-state index contributed by atoms with van der Waals surface area (Å²) in [5.41, 5.74) is 1.59. The number of benzene rings is 1. The summed E-state index contributed by atoms with van der Waals surface area (Å²) < 4.78 is 1.56. The van der Waals surface area contributed by atoms with Crippen LogP contribution < -0.4 is 10.2 Å². The summed E-state index contributed by atoms with van der Waals surface area (Å²) in [6, 6.07) is 7.41. The lowest BCUT2D eigenvalue weighted by Crippen LogP contribution is -2.41. The van der Waals surface area contributed by atoms with Crippen LogP contribution in [0.2, 0.25) is 0 Å². The van der Waals surface area contributed by atoms with Gasteiger partial charge in [0.05, 0.1) is 17.8 Å². The van der Waals surface area contributed by atoms with Gasteiger partial charge in [-0.15, -0.1) is 5.10 Å². The van der Waals surface area contributed by atoms with Gasteiger partial charge in [0.15, 0.2) is 0 Å². The molecule has 0 spiro atoms. The van der Waals surface area contributed by atoms with Crippen molar-refractivity contribution >= 4 is 17.4 Å². The van der Waals surface area contributed by atoms with Gasteiger partial charge in [-0.1, -0.05) is 0 Å². The summed E-state index contributed by atoms with van der Waals surface area (Å²) in [5, 5.41) is 14.1. The van der Waals surface area contributed by atoms with Crippen molar-refractivity contribution in [3.8, 4) is 5.69 Å². The fraction of sp³-hybridized carbons (Fsp3) is 0.294. The molecule has 1 atom stereocenters. The highest BCUT2D eigenvalue weighted by molar-refractivity contribution is 5.93. The second kappa shape index (κ2) is 7.26. The van der Waals surface area contributed by atoms with Crippen LogP contribution in [0.5, 0.6) is 0 Å². The first kappa shape index (κ1) is 16.1. The molecule has 9 nitrogen and oxygen atoms in total. The highest BCUT2D eigenvalue weighted by atomic mass is 16.1. The van der Waals surface area contributed by atoms with Crippen LogP contribution in [0.15, 0.2) is 49.2 Å². The molecule has 1 saturated heterocycles. The van der Waals surface area contributed by atoms with Crippen LogP contribution in [-0.2, 0) is 4.79 Å². The molecule has 0 aliphatic carbocycles. The molecule has 1 aliphatic rings. The molecule has 1 unspecified atom stereocenters. The van der Waals surface area contributed by atoms with Crippen LogP contribution in [0.3, 0.4) is 0 Å². The number of carbonyl (C=O) groups is 1. The molecular weight excluding hydrogens is 332 g/mol. The van der Waals surface area contributed by atoms with Crippen molar-refractivity contribution in [3.05, 3.63) is 49.2 Å². The van der Waals surface area contributed by atoms with E-state index in [1.807, 2.05) is 24.3 Å². The third kappa shape index (κ3) is 3.51. The van der Waals surface area contributed by atoms with Gasteiger partial charge >= 0.3 is 0 Å². The number of hydrogen-bond donors (Lipinski definition) is 1. The first-order valence-electron chi connectivity index (χ1n) is 8.45. The average molecular weight is 350 g/mol. The highest BCUT2D eigenvalue weighted by Gasteiger charge is 2.26. The Bertz CT molecular complexity index is 850. The van der Waals surface area contributed by atoms with Crippen LogP contribution in [0, 0.1) is 5.92 Å². The van der Waals surface area contributed by atoms with E-state index in [0.717, 1.165) is 36.6 Å². The van der Waals surface area contributed by atoms with Gasteiger partial charge < -0.3 is 10.2 Å². The highest BCUT2D eigenvalue weighted by Crippen LogP contribution is 2.22. The van der Waals surface area contributed by atoms with Gasteiger partial charge in [-0.3, -0.25) is 9.78 Å². The SMILES string of the molecule is O=C(Nc1ccc(-n2cnnn2)cc1)C1CCCN(c2cnccn2)C1. The minimum absolute atomic E-state index is 0.0220. The Morgan fingerprint density at radius 1 is 1.19 bits per heavy atom. The zero-order valence-electron chi connectivity index (χ0n) is 14.1. The molecule has 3 heterocycles. The molecule has 0 bridgehead atoms. The van der Waals surface area contributed by atoms with Crippen LogP contribution in [0.25, 0.3) is 5.69 Å². The topological polar surface area (TPSA) is 102 Å². The molecule has 132 valence electrons. The van der Waals surface area contributed by atoms with Gasteiger partial charge in [-0.05, 0) is 47.5 Å². The zero-order valence-corrected chi connectivity index (χ0v) is 14.1. The van der Waals surface area contributed by atoms with E-state index in [1.54, 1.807) is 23.3 Å². The Hall–Kier alpha value is -3.36. The van der Waals surface area contributed by atoms with Crippen molar-refractivity contribution in [1.82, 2.24) is 30.2 Å². The predicted molar refractivity (Wildman–Crippen MR) is 94.8 cm³/mol. The van der Waals surface area contributed by atoms with E-state index in [1.165, 1.54) is 6.33 Å². The van der Waals surface area contributed by atoms with Crippen molar-refractivity contribution in [1.29, 1.82) is 0 Å². The smallest absolute Gasteiger partial charge is 0.229 e. The number of aromatic nitrogens is 6. The van der Waals surface area contributed by atoms with Crippen molar-refractivity contribution < 1.29 is 4.79 Å². The maximum atomic E-state index is 12.6. The van der Waals surface area contributed by atoms with E-state index >= 15 is 0 Å². The van der Waals surface area contributed by atoms with Gasteiger partial charge in [0.1, 0.15) is 12.1 Å². The number of nitrogens with zero attached hydrogens (tertiary/aromatic N) is 7. The second-order valence-corrected chi connectivity index (χ2v) is 6.14. The average Bonchev–Trinajstić information content (AvgIpc) is 3.24. The predicted octanol–water partition coefficient (Wildman–Crippen LogP) is 1.31. The van der Waals surface area contributed by atoms with E-state index in [0.29, 0.717) is 6.54 Å². The van der Waals surface area contributed by atoms with Gasteiger partial charge in [0, 0.05) is 31.2 Å². The summed E-state index contributed by atoms with van der Waals surface area (Å²) in [6.45, 7) is 1.54. The van der Waals surface area contributed by atoms with Crippen LogP contribution in [0.1, 0.15) is 12.8 Å². The third-order valence-electron chi connectivity index (χ3n) is 4.41. The molecule has 4 rings (SSSR count). The minimum Gasteiger partial charge on any atom is -0.355 e. The molecular formula is C17H18N8O. The van der Waals surface area contributed by atoms with E-state index < -0.39 is 0 Å². The third-order valence-corrected chi connectivity index (χ3v) is 4.41. The number of nitrogens with one attached hydrogen (secondary N) is 1. The Kier molecular flexibility index (Phi) is 4.50. The van der Waals surface area contributed by atoms with E-state index in [2.05, 4.69) is 35.7 Å². The molecule has 26 heavy (non-hydrogen) atoms. The zero-order chi connectivity index (χ0) is 17.8. The summed E-state index contributed by atoms with van der Waals surface area (Å²) in [4.78, 5) is 23.2. The standard InChI is InChI=1S/C17H18N8O/c26-17(13-2-1-9-24(11-13)16-10-18-7-8-19-16)21-14-3-5-15(6-4-14)25-12-20-22-23-25/h3-8,10,12-13H,1-2,9,11H2,(H,21,26). The maximum absolute atomic E-state index is 12.6. The molecule has 0 radical (unpaired) electrons. The van der Waals surface area contributed by atoms with Crippen molar-refractivity contribution in [2.75, 3.05) is 23.3 Å². The molecule has 2 aromatic heterocycles. The summed E-state index contributed by atoms with van der Waals surface area (Å²) >= 11 is 0. The number of anilines is 2. The van der Waals surface area contributed by atoms with Gasteiger partial charge in [-0.25, -0.2) is 9.67 Å². The normalized spacial score (nSPS) is 17.1. The number of piperidine rings is 1. The largest absolute Gasteiger partial charge is 0.355 e. The van der Waals surface area contributed by atoms with Crippen LogP contribution >= 0.6 is 0 Å². The van der Waals surface area contributed by atoms with Crippen molar-refractivity contribution in [2.45, 2.75) is 12.8 Å². The Morgan fingerprint density at radius 3 is 2.81 bits per heavy atom.